The van der Waals surface area contributed by atoms with Gasteiger partial charge in [0, 0.05) is 18.3 Å². The van der Waals surface area contributed by atoms with E-state index in [1.807, 2.05) is 0 Å². The van der Waals surface area contributed by atoms with Gasteiger partial charge in [0.25, 0.3) is 0 Å². The summed E-state index contributed by atoms with van der Waals surface area (Å²) in [5.74, 6) is -1.24. The Hall–Kier alpha value is -2.50. The van der Waals surface area contributed by atoms with Crippen LogP contribution in [0.5, 0.6) is 0 Å². The number of nitro benzene ring substituents is 1. The Bertz CT molecular complexity index is 639. The minimum atomic E-state index is -0.885. The molecule has 0 amide bonds. The van der Waals surface area contributed by atoms with Gasteiger partial charge >= 0.3 is 5.69 Å². The number of aryl methyl sites for hydroxylation is 1. The van der Waals surface area contributed by atoms with Gasteiger partial charge in [0.15, 0.2) is 0 Å². The van der Waals surface area contributed by atoms with Crippen molar-refractivity contribution in [2.24, 2.45) is 0 Å². The van der Waals surface area contributed by atoms with Gasteiger partial charge in [-0.15, -0.1) is 0 Å². The van der Waals surface area contributed by atoms with Crippen molar-refractivity contribution in [1.82, 2.24) is 0 Å². The number of nitrogens with zero attached hydrogens (tertiary/aromatic N) is 1. The van der Waals surface area contributed by atoms with Gasteiger partial charge in [-0.1, -0.05) is 6.07 Å². The highest BCUT2D eigenvalue weighted by Gasteiger charge is 2.13. The molecule has 0 aliphatic carbocycles. The maximum absolute atomic E-state index is 13.4. The van der Waals surface area contributed by atoms with Crippen molar-refractivity contribution < 1.29 is 13.7 Å². The molecule has 20 heavy (non-hydrogen) atoms. The van der Waals surface area contributed by atoms with Gasteiger partial charge in [0.1, 0.15) is 5.82 Å². The van der Waals surface area contributed by atoms with Crippen LogP contribution in [0, 0.1) is 28.7 Å². The maximum Gasteiger partial charge on any atom is 0.304 e. The molecule has 2 aromatic rings. The smallest absolute Gasteiger partial charge is 0.304 e. The van der Waals surface area contributed by atoms with Gasteiger partial charge in [0.2, 0.25) is 5.82 Å². The Balaban J connectivity index is 2.11. The molecule has 0 aliphatic heterocycles. The molecule has 0 radical (unpaired) electrons. The van der Waals surface area contributed by atoms with Crippen molar-refractivity contribution in [3.63, 3.8) is 0 Å². The first kappa shape index (κ1) is 13.9. The Morgan fingerprint density at radius 1 is 1.20 bits per heavy atom. The molecule has 0 aliphatic rings. The molecule has 0 atom stereocenters. The molecular weight excluding hydrogens is 266 g/mol. The monoisotopic (exact) mass is 278 g/mol. The first-order valence-corrected chi connectivity index (χ1v) is 5.89. The lowest BCUT2D eigenvalue weighted by atomic mass is 10.1. The van der Waals surface area contributed by atoms with E-state index in [4.69, 9.17) is 0 Å². The van der Waals surface area contributed by atoms with E-state index in [0.29, 0.717) is 11.3 Å². The number of benzene rings is 2. The SMILES string of the molecule is Cc1cc(F)cc(NCc2ccc([N+](=O)[O-])c(F)c2)c1. The lowest BCUT2D eigenvalue weighted by molar-refractivity contribution is -0.387. The minimum Gasteiger partial charge on any atom is -0.381 e. The Labute approximate surface area is 114 Å². The molecule has 0 aromatic heterocycles. The van der Waals surface area contributed by atoms with Gasteiger partial charge < -0.3 is 5.32 Å². The molecule has 0 heterocycles. The second-order valence-corrected chi connectivity index (χ2v) is 4.41. The summed E-state index contributed by atoms with van der Waals surface area (Å²) in [7, 11) is 0. The number of halogens is 2. The standard InChI is InChI=1S/C14H12F2N2O2/c1-9-4-11(15)7-12(5-9)17-8-10-2-3-14(18(19)20)13(16)6-10/h2-7,17H,8H2,1H3. The van der Waals surface area contributed by atoms with Gasteiger partial charge in [0.05, 0.1) is 4.92 Å². The number of hydrogen-bond acceptors (Lipinski definition) is 3. The van der Waals surface area contributed by atoms with Crippen molar-refractivity contribution >= 4 is 11.4 Å². The quantitative estimate of drug-likeness (QED) is 0.683. The van der Waals surface area contributed by atoms with E-state index in [1.165, 1.54) is 18.2 Å². The molecule has 0 bridgehead atoms. The molecule has 0 unspecified atom stereocenters. The van der Waals surface area contributed by atoms with Crippen molar-refractivity contribution in [3.8, 4) is 0 Å². The van der Waals surface area contributed by atoms with Gasteiger partial charge in [-0.2, -0.15) is 4.39 Å². The van der Waals surface area contributed by atoms with Crippen LogP contribution in [0.4, 0.5) is 20.2 Å². The van der Waals surface area contributed by atoms with Crippen molar-refractivity contribution in [1.29, 1.82) is 0 Å². The average Bonchev–Trinajstić information content (AvgIpc) is 2.35. The Kier molecular flexibility index (Phi) is 3.93. The molecule has 0 spiro atoms. The summed E-state index contributed by atoms with van der Waals surface area (Å²) >= 11 is 0. The Morgan fingerprint density at radius 3 is 2.55 bits per heavy atom. The zero-order valence-corrected chi connectivity index (χ0v) is 10.7. The summed E-state index contributed by atoms with van der Waals surface area (Å²) in [4.78, 5) is 9.72. The predicted molar refractivity (Wildman–Crippen MR) is 71.5 cm³/mol. The molecule has 104 valence electrons. The molecule has 0 saturated heterocycles. The van der Waals surface area contributed by atoms with E-state index in [2.05, 4.69) is 5.32 Å². The summed E-state index contributed by atoms with van der Waals surface area (Å²) in [5, 5.41) is 13.4. The molecule has 2 rings (SSSR count). The van der Waals surface area contributed by atoms with Crippen LogP contribution in [0.15, 0.2) is 36.4 Å². The minimum absolute atomic E-state index is 0.248. The number of hydrogen-bond donors (Lipinski definition) is 1. The lowest BCUT2D eigenvalue weighted by Gasteiger charge is -2.08. The van der Waals surface area contributed by atoms with Crippen LogP contribution in [-0.2, 0) is 6.54 Å². The second-order valence-electron chi connectivity index (χ2n) is 4.41. The normalized spacial score (nSPS) is 10.3. The molecule has 1 N–H and O–H groups in total. The Morgan fingerprint density at radius 2 is 1.95 bits per heavy atom. The molecular formula is C14H12F2N2O2. The molecule has 4 nitrogen and oxygen atoms in total. The first-order chi connectivity index (χ1) is 9.45. The molecule has 0 saturated carbocycles. The summed E-state index contributed by atoms with van der Waals surface area (Å²) in [6, 6.07) is 8.15. The van der Waals surface area contributed by atoms with Crippen LogP contribution in [0.3, 0.4) is 0 Å². The predicted octanol–water partition coefficient (Wildman–Crippen LogP) is 3.79. The second kappa shape index (κ2) is 5.64. The van der Waals surface area contributed by atoms with E-state index in [9.17, 15) is 18.9 Å². The van der Waals surface area contributed by atoms with Gasteiger partial charge in [-0.05, 0) is 42.3 Å². The zero-order chi connectivity index (χ0) is 14.7. The fourth-order valence-electron chi connectivity index (χ4n) is 1.85. The first-order valence-electron chi connectivity index (χ1n) is 5.89. The van der Waals surface area contributed by atoms with Crippen molar-refractivity contribution in [2.45, 2.75) is 13.5 Å². The number of rotatable bonds is 4. The average molecular weight is 278 g/mol. The third-order valence-corrected chi connectivity index (χ3v) is 2.75. The van der Waals surface area contributed by atoms with Crippen LogP contribution in [0.1, 0.15) is 11.1 Å². The van der Waals surface area contributed by atoms with E-state index in [-0.39, 0.29) is 12.4 Å². The highest BCUT2D eigenvalue weighted by Crippen LogP contribution is 2.19. The number of anilines is 1. The van der Waals surface area contributed by atoms with Crippen LogP contribution in [0.2, 0.25) is 0 Å². The van der Waals surface area contributed by atoms with E-state index in [0.717, 1.165) is 17.7 Å². The third-order valence-electron chi connectivity index (χ3n) is 2.75. The van der Waals surface area contributed by atoms with Gasteiger partial charge in [-0.25, -0.2) is 4.39 Å². The van der Waals surface area contributed by atoms with E-state index in [1.54, 1.807) is 13.0 Å². The largest absolute Gasteiger partial charge is 0.381 e. The van der Waals surface area contributed by atoms with Crippen molar-refractivity contribution in [2.75, 3.05) is 5.32 Å². The highest BCUT2D eigenvalue weighted by atomic mass is 19.1. The number of nitrogens with one attached hydrogen (secondary N) is 1. The highest BCUT2D eigenvalue weighted by molar-refractivity contribution is 5.47. The topological polar surface area (TPSA) is 55.2 Å². The summed E-state index contributed by atoms with van der Waals surface area (Å²) in [6.45, 7) is 2.01. The summed E-state index contributed by atoms with van der Waals surface area (Å²) in [6.07, 6.45) is 0. The van der Waals surface area contributed by atoms with Crippen LogP contribution in [-0.4, -0.2) is 4.92 Å². The maximum atomic E-state index is 13.4. The fraction of sp³-hybridized carbons (Fsp3) is 0.143. The number of nitro groups is 1. The fourth-order valence-corrected chi connectivity index (χ4v) is 1.85. The van der Waals surface area contributed by atoms with Gasteiger partial charge in [-0.3, -0.25) is 10.1 Å². The summed E-state index contributed by atoms with van der Waals surface area (Å²) < 4.78 is 26.6. The van der Waals surface area contributed by atoms with Crippen molar-refractivity contribution in [3.05, 3.63) is 69.3 Å². The molecule has 2 aromatic carbocycles. The van der Waals surface area contributed by atoms with E-state index >= 15 is 0 Å². The molecule has 6 heteroatoms. The third kappa shape index (κ3) is 3.28. The summed E-state index contributed by atoms with van der Waals surface area (Å²) in [5.41, 5.74) is 1.31. The molecule has 0 fully saturated rings. The van der Waals surface area contributed by atoms with Crippen LogP contribution >= 0.6 is 0 Å². The zero-order valence-electron chi connectivity index (χ0n) is 10.7. The van der Waals surface area contributed by atoms with Crippen LogP contribution < -0.4 is 5.32 Å². The van der Waals surface area contributed by atoms with Crippen LogP contribution in [0.25, 0.3) is 0 Å². The van der Waals surface area contributed by atoms with E-state index < -0.39 is 16.4 Å². The lowest BCUT2D eigenvalue weighted by Crippen LogP contribution is -2.01.